The first-order chi connectivity index (χ1) is 15.2. The molecule has 1 aromatic heterocycles. The van der Waals surface area contributed by atoms with Gasteiger partial charge in [0.1, 0.15) is 18.0 Å². The molecule has 3 heterocycles. The number of hydrogen-bond acceptors (Lipinski definition) is 6. The number of rotatable bonds is 6. The summed E-state index contributed by atoms with van der Waals surface area (Å²) in [5, 5.41) is 3.82. The smallest absolute Gasteiger partial charge is 0.238 e. The molecule has 1 N–H and O–H groups in total. The van der Waals surface area contributed by atoms with E-state index in [2.05, 4.69) is 36.1 Å². The van der Waals surface area contributed by atoms with E-state index in [9.17, 15) is 4.79 Å². The summed E-state index contributed by atoms with van der Waals surface area (Å²) < 4.78 is 12.3. The highest BCUT2D eigenvalue weighted by Crippen LogP contribution is 2.40. The summed E-state index contributed by atoms with van der Waals surface area (Å²) in [6.45, 7) is 5.27. The Hall–Kier alpha value is -2.55. The van der Waals surface area contributed by atoms with E-state index in [0.717, 1.165) is 71.6 Å². The van der Waals surface area contributed by atoms with Crippen LogP contribution in [0.15, 0.2) is 47.2 Å². The van der Waals surface area contributed by atoms with Gasteiger partial charge in [0.2, 0.25) is 5.91 Å². The van der Waals surface area contributed by atoms with Crippen LogP contribution in [-0.2, 0) is 9.53 Å². The fraction of sp³-hybridized carbons (Fsp3) is 0.348. The van der Waals surface area contributed by atoms with Crippen molar-refractivity contribution >= 4 is 38.4 Å². The van der Waals surface area contributed by atoms with Gasteiger partial charge in [0, 0.05) is 41.2 Å². The molecule has 2 aliphatic heterocycles. The Labute approximate surface area is 188 Å². The van der Waals surface area contributed by atoms with Gasteiger partial charge in [-0.05, 0) is 36.2 Å². The third-order valence-electron chi connectivity index (χ3n) is 5.75. The third-order valence-corrected chi connectivity index (χ3v) is 6.24. The van der Waals surface area contributed by atoms with Gasteiger partial charge in [0.25, 0.3) is 0 Å². The molecule has 1 fully saturated rings. The van der Waals surface area contributed by atoms with E-state index in [4.69, 9.17) is 9.47 Å². The van der Waals surface area contributed by atoms with E-state index in [1.165, 1.54) is 6.33 Å². The number of aromatic nitrogens is 2. The number of amides is 1. The van der Waals surface area contributed by atoms with Crippen LogP contribution in [0, 0.1) is 0 Å². The Morgan fingerprint density at radius 2 is 2.03 bits per heavy atom. The number of benzene rings is 2. The molecule has 0 saturated carbocycles. The van der Waals surface area contributed by atoms with Crippen LogP contribution < -0.4 is 10.1 Å². The van der Waals surface area contributed by atoms with Gasteiger partial charge in [-0.15, -0.1) is 0 Å². The average molecular weight is 483 g/mol. The Balaban J connectivity index is 1.32. The normalized spacial score (nSPS) is 18.7. The van der Waals surface area contributed by atoms with E-state index in [1.807, 2.05) is 36.4 Å². The van der Waals surface area contributed by atoms with Crippen molar-refractivity contribution in [2.45, 2.75) is 12.3 Å². The molecular formula is C23H23BrN4O3. The second kappa shape index (κ2) is 8.90. The number of carbonyl (C=O) groups is 1. The molecule has 1 unspecified atom stereocenters. The molecule has 0 spiro atoms. The first kappa shape index (κ1) is 20.4. The minimum Gasteiger partial charge on any atom is -0.493 e. The van der Waals surface area contributed by atoms with E-state index < -0.39 is 5.92 Å². The number of halogens is 1. The second-order valence-electron chi connectivity index (χ2n) is 7.75. The zero-order chi connectivity index (χ0) is 21.2. The Morgan fingerprint density at radius 3 is 2.90 bits per heavy atom. The standard InChI is InChI=1S/C23H23BrN4O3/c24-15-2-4-17-20(12-15)27-23(29)21(17)22-18-5-3-16(13-19(18)25-14-26-22)31-9-1-6-28-7-10-30-11-8-28/h2-5,12-14,21H,1,6-11H2,(H,27,29). The molecule has 1 amide bonds. The largest absolute Gasteiger partial charge is 0.493 e. The highest BCUT2D eigenvalue weighted by atomic mass is 79.9. The maximum Gasteiger partial charge on any atom is 0.238 e. The summed E-state index contributed by atoms with van der Waals surface area (Å²) in [4.78, 5) is 24.0. The first-order valence-electron chi connectivity index (χ1n) is 10.5. The summed E-state index contributed by atoms with van der Waals surface area (Å²) in [5.74, 6) is 0.254. The zero-order valence-electron chi connectivity index (χ0n) is 17.0. The Bertz CT molecular complexity index is 1120. The van der Waals surface area contributed by atoms with Crippen LogP contribution in [0.4, 0.5) is 5.69 Å². The maximum atomic E-state index is 12.7. The molecule has 2 aromatic carbocycles. The van der Waals surface area contributed by atoms with E-state index in [0.29, 0.717) is 12.3 Å². The average Bonchev–Trinajstić information content (AvgIpc) is 3.11. The van der Waals surface area contributed by atoms with E-state index in [1.54, 1.807) is 0 Å². The van der Waals surface area contributed by atoms with Crippen molar-refractivity contribution in [2.24, 2.45) is 0 Å². The van der Waals surface area contributed by atoms with Gasteiger partial charge in [-0.25, -0.2) is 9.97 Å². The molecule has 0 radical (unpaired) electrons. The van der Waals surface area contributed by atoms with E-state index in [-0.39, 0.29) is 5.91 Å². The minimum atomic E-state index is -0.450. The number of hydrogen-bond donors (Lipinski definition) is 1. The fourth-order valence-corrected chi connectivity index (χ4v) is 4.55. The number of carbonyl (C=O) groups excluding carboxylic acids is 1. The van der Waals surface area contributed by atoms with Crippen molar-refractivity contribution in [3.05, 3.63) is 58.5 Å². The second-order valence-corrected chi connectivity index (χ2v) is 8.66. The van der Waals surface area contributed by atoms with Crippen molar-refractivity contribution in [3.8, 4) is 5.75 Å². The van der Waals surface area contributed by atoms with Crippen molar-refractivity contribution < 1.29 is 14.3 Å². The van der Waals surface area contributed by atoms with Crippen molar-refractivity contribution in [1.29, 1.82) is 0 Å². The van der Waals surface area contributed by atoms with Crippen LogP contribution in [0.5, 0.6) is 5.75 Å². The van der Waals surface area contributed by atoms with Gasteiger partial charge in [-0.2, -0.15) is 0 Å². The lowest BCUT2D eigenvalue weighted by molar-refractivity contribution is -0.116. The molecule has 7 nitrogen and oxygen atoms in total. The molecule has 3 aromatic rings. The van der Waals surface area contributed by atoms with Crippen LogP contribution in [0.2, 0.25) is 0 Å². The predicted molar refractivity (Wildman–Crippen MR) is 122 cm³/mol. The van der Waals surface area contributed by atoms with Crippen LogP contribution in [-0.4, -0.2) is 60.2 Å². The zero-order valence-corrected chi connectivity index (χ0v) is 18.6. The molecule has 0 bridgehead atoms. The Kier molecular flexibility index (Phi) is 5.85. The van der Waals surface area contributed by atoms with Gasteiger partial charge in [-0.3, -0.25) is 9.69 Å². The van der Waals surface area contributed by atoms with Crippen LogP contribution in [0.1, 0.15) is 23.6 Å². The number of nitrogens with one attached hydrogen (secondary N) is 1. The maximum absolute atomic E-state index is 12.7. The summed E-state index contributed by atoms with van der Waals surface area (Å²) in [6.07, 6.45) is 2.48. The summed E-state index contributed by atoms with van der Waals surface area (Å²) >= 11 is 3.46. The minimum absolute atomic E-state index is 0.0726. The van der Waals surface area contributed by atoms with Gasteiger partial charge in [-0.1, -0.05) is 22.0 Å². The topological polar surface area (TPSA) is 76.6 Å². The molecule has 5 rings (SSSR count). The lowest BCUT2D eigenvalue weighted by atomic mass is 9.94. The quantitative estimate of drug-likeness (QED) is 0.541. The van der Waals surface area contributed by atoms with Gasteiger partial charge >= 0.3 is 0 Å². The lowest BCUT2D eigenvalue weighted by Gasteiger charge is -2.26. The molecule has 2 aliphatic rings. The molecule has 8 heteroatoms. The number of anilines is 1. The Morgan fingerprint density at radius 1 is 1.16 bits per heavy atom. The van der Waals surface area contributed by atoms with Crippen LogP contribution in [0.3, 0.4) is 0 Å². The summed E-state index contributed by atoms with van der Waals surface area (Å²) in [7, 11) is 0. The first-order valence-corrected chi connectivity index (χ1v) is 11.3. The summed E-state index contributed by atoms with van der Waals surface area (Å²) in [6, 6.07) is 11.6. The third kappa shape index (κ3) is 4.28. The number of ether oxygens (including phenoxy) is 2. The monoisotopic (exact) mass is 482 g/mol. The van der Waals surface area contributed by atoms with E-state index >= 15 is 0 Å². The molecule has 1 atom stereocenters. The molecule has 0 aliphatic carbocycles. The molecule has 1 saturated heterocycles. The lowest BCUT2D eigenvalue weighted by Crippen LogP contribution is -2.37. The SMILES string of the molecule is O=C1Nc2cc(Br)ccc2C1c1ncnc2cc(OCCCN3CCOCC3)ccc12. The molecule has 160 valence electrons. The van der Waals surface area contributed by atoms with Gasteiger partial charge in [0.15, 0.2) is 0 Å². The number of morpholine rings is 1. The predicted octanol–water partition coefficient (Wildman–Crippen LogP) is 3.58. The highest BCUT2D eigenvalue weighted by molar-refractivity contribution is 9.10. The molecule has 31 heavy (non-hydrogen) atoms. The van der Waals surface area contributed by atoms with Crippen molar-refractivity contribution in [2.75, 3.05) is 44.8 Å². The van der Waals surface area contributed by atoms with Gasteiger partial charge < -0.3 is 14.8 Å². The number of nitrogens with zero attached hydrogens (tertiary/aromatic N) is 3. The van der Waals surface area contributed by atoms with Crippen LogP contribution >= 0.6 is 15.9 Å². The van der Waals surface area contributed by atoms with Crippen molar-refractivity contribution in [3.63, 3.8) is 0 Å². The van der Waals surface area contributed by atoms with Crippen LogP contribution in [0.25, 0.3) is 10.9 Å². The van der Waals surface area contributed by atoms with Crippen molar-refractivity contribution in [1.82, 2.24) is 14.9 Å². The highest BCUT2D eigenvalue weighted by Gasteiger charge is 2.34. The number of fused-ring (bicyclic) bond motifs is 2. The summed E-state index contributed by atoms with van der Waals surface area (Å²) in [5.41, 5.74) is 3.23. The fourth-order valence-electron chi connectivity index (χ4n) is 4.19. The molecular weight excluding hydrogens is 460 g/mol. The van der Waals surface area contributed by atoms with Gasteiger partial charge in [0.05, 0.1) is 31.0 Å².